The third-order valence-electron chi connectivity index (χ3n) is 4.29. The fourth-order valence-corrected chi connectivity index (χ4v) is 3.37. The van der Waals surface area contributed by atoms with Gasteiger partial charge in [0, 0.05) is 25.6 Å². The van der Waals surface area contributed by atoms with Crippen LogP contribution in [0.1, 0.15) is 53.9 Å². The molecular weight excluding hydrogens is 256 g/mol. The predicted molar refractivity (Wildman–Crippen MR) is 78.6 cm³/mol. The van der Waals surface area contributed by atoms with E-state index < -0.39 is 11.5 Å². The predicted octanol–water partition coefficient (Wildman–Crippen LogP) is 1.96. The van der Waals surface area contributed by atoms with Gasteiger partial charge in [-0.3, -0.25) is 4.79 Å². The third kappa shape index (κ3) is 3.32. The lowest BCUT2D eigenvalue weighted by atomic mass is 9.87. The zero-order valence-corrected chi connectivity index (χ0v) is 13.3. The standard InChI is InChI=1S/C15H28N2O3/c1-11(2)16-9-6-7-15(8-10-16,14(19)20)17(12(3)4)13(5)18/h11-12H,6-10H2,1-5H3,(H,19,20). The van der Waals surface area contributed by atoms with Crippen molar-refractivity contribution in [2.45, 2.75) is 71.5 Å². The highest BCUT2D eigenvalue weighted by Crippen LogP contribution is 2.32. The zero-order valence-electron chi connectivity index (χ0n) is 13.3. The molecule has 1 saturated heterocycles. The van der Waals surface area contributed by atoms with Gasteiger partial charge in [-0.25, -0.2) is 4.79 Å². The van der Waals surface area contributed by atoms with Gasteiger partial charge in [-0.05, 0) is 53.5 Å². The molecule has 1 atom stereocenters. The topological polar surface area (TPSA) is 60.9 Å². The van der Waals surface area contributed by atoms with E-state index in [1.807, 2.05) is 13.8 Å². The number of carbonyl (C=O) groups is 2. The summed E-state index contributed by atoms with van der Waals surface area (Å²) in [5.41, 5.74) is -1.05. The Morgan fingerprint density at radius 3 is 2.15 bits per heavy atom. The minimum Gasteiger partial charge on any atom is -0.479 e. The summed E-state index contributed by atoms with van der Waals surface area (Å²) in [6.45, 7) is 11.1. The fraction of sp³-hybridized carbons (Fsp3) is 0.867. The first-order valence-corrected chi connectivity index (χ1v) is 7.49. The Morgan fingerprint density at radius 1 is 1.15 bits per heavy atom. The van der Waals surface area contributed by atoms with Crippen LogP contribution in [0.25, 0.3) is 0 Å². The van der Waals surface area contributed by atoms with Crippen molar-refractivity contribution in [3.05, 3.63) is 0 Å². The Bertz CT molecular complexity index is 368. The Balaban J connectivity index is 3.09. The van der Waals surface area contributed by atoms with Gasteiger partial charge in [0.05, 0.1) is 0 Å². The van der Waals surface area contributed by atoms with Crippen LogP contribution < -0.4 is 0 Å². The largest absolute Gasteiger partial charge is 0.479 e. The summed E-state index contributed by atoms with van der Waals surface area (Å²) in [5, 5.41) is 9.79. The summed E-state index contributed by atoms with van der Waals surface area (Å²) in [4.78, 5) is 27.8. The lowest BCUT2D eigenvalue weighted by molar-refractivity contribution is -0.162. The number of carboxylic acid groups (broad SMARTS) is 1. The Morgan fingerprint density at radius 2 is 1.75 bits per heavy atom. The highest BCUT2D eigenvalue weighted by Gasteiger charge is 2.47. The summed E-state index contributed by atoms with van der Waals surface area (Å²) in [5.74, 6) is -1.02. The molecule has 116 valence electrons. The second kappa shape index (κ2) is 6.57. The summed E-state index contributed by atoms with van der Waals surface area (Å²) in [7, 11) is 0. The SMILES string of the molecule is CC(=O)N(C(C)C)C1(C(=O)O)CCCN(C(C)C)CC1. The quantitative estimate of drug-likeness (QED) is 0.857. The number of nitrogens with zero attached hydrogens (tertiary/aromatic N) is 2. The van der Waals surface area contributed by atoms with Crippen molar-refractivity contribution in [2.75, 3.05) is 13.1 Å². The van der Waals surface area contributed by atoms with Gasteiger partial charge < -0.3 is 14.9 Å². The summed E-state index contributed by atoms with van der Waals surface area (Å²) >= 11 is 0. The maximum Gasteiger partial charge on any atom is 0.329 e. The zero-order chi connectivity index (χ0) is 15.5. The van der Waals surface area contributed by atoms with Crippen molar-refractivity contribution in [1.29, 1.82) is 0 Å². The Hall–Kier alpha value is -1.10. The number of carboxylic acids is 1. The molecule has 0 bridgehead atoms. The van der Waals surface area contributed by atoms with E-state index in [0.717, 1.165) is 19.5 Å². The molecule has 5 heteroatoms. The van der Waals surface area contributed by atoms with Crippen molar-refractivity contribution in [3.63, 3.8) is 0 Å². The number of hydrogen-bond donors (Lipinski definition) is 1. The van der Waals surface area contributed by atoms with Crippen molar-refractivity contribution in [1.82, 2.24) is 9.80 Å². The molecule has 0 aromatic carbocycles. The molecule has 1 heterocycles. The molecule has 1 N–H and O–H groups in total. The minimum absolute atomic E-state index is 0.103. The Kier molecular flexibility index (Phi) is 5.57. The van der Waals surface area contributed by atoms with Crippen molar-refractivity contribution in [3.8, 4) is 0 Å². The smallest absolute Gasteiger partial charge is 0.329 e. The fourth-order valence-electron chi connectivity index (χ4n) is 3.37. The first-order chi connectivity index (χ1) is 9.22. The number of rotatable bonds is 4. The molecule has 1 fully saturated rings. The molecule has 0 spiro atoms. The molecule has 0 aromatic rings. The van der Waals surface area contributed by atoms with Crippen LogP contribution >= 0.6 is 0 Å². The average Bonchev–Trinajstić information content (AvgIpc) is 2.51. The van der Waals surface area contributed by atoms with E-state index in [1.54, 1.807) is 4.90 Å². The van der Waals surface area contributed by atoms with Crippen LogP contribution in [0.4, 0.5) is 0 Å². The first-order valence-electron chi connectivity index (χ1n) is 7.49. The van der Waals surface area contributed by atoms with Crippen molar-refractivity contribution >= 4 is 11.9 Å². The molecule has 0 aromatic heterocycles. The van der Waals surface area contributed by atoms with Crippen LogP contribution in [0.15, 0.2) is 0 Å². The highest BCUT2D eigenvalue weighted by molar-refractivity contribution is 5.86. The molecule has 1 amide bonds. The van der Waals surface area contributed by atoms with Crippen LogP contribution in [-0.2, 0) is 9.59 Å². The molecule has 0 aliphatic carbocycles. The lowest BCUT2D eigenvalue weighted by Gasteiger charge is -2.42. The summed E-state index contributed by atoms with van der Waals surface area (Å²) < 4.78 is 0. The summed E-state index contributed by atoms with van der Waals surface area (Å²) in [6, 6.07) is 0.304. The van der Waals surface area contributed by atoms with Crippen LogP contribution in [0.2, 0.25) is 0 Å². The lowest BCUT2D eigenvalue weighted by Crippen LogP contribution is -2.59. The summed E-state index contributed by atoms with van der Waals surface area (Å²) in [6.07, 6.45) is 1.84. The van der Waals surface area contributed by atoms with Crippen LogP contribution in [0, 0.1) is 0 Å². The van der Waals surface area contributed by atoms with Gasteiger partial charge >= 0.3 is 5.97 Å². The van der Waals surface area contributed by atoms with E-state index in [4.69, 9.17) is 0 Å². The minimum atomic E-state index is -1.05. The van der Waals surface area contributed by atoms with Gasteiger partial charge in [-0.15, -0.1) is 0 Å². The second-order valence-corrected chi connectivity index (χ2v) is 6.30. The molecule has 1 unspecified atom stereocenters. The maximum atomic E-state index is 12.0. The van der Waals surface area contributed by atoms with Crippen LogP contribution in [-0.4, -0.2) is 57.5 Å². The molecule has 1 rings (SSSR count). The third-order valence-corrected chi connectivity index (χ3v) is 4.29. The van der Waals surface area contributed by atoms with Gasteiger partial charge in [0.1, 0.15) is 5.54 Å². The molecule has 5 nitrogen and oxygen atoms in total. The first kappa shape index (κ1) is 17.0. The molecule has 1 aliphatic heterocycles. The van der Waals surface area contributed by atoms with E-state index in [0.29, 0.717) is 18.9 Å². The van der Waals surface area contributed by atoms with E-state index in [1.165, 1.54) is 6.92 Å². The van der Waals surface area contributed by atoms with Crippen LogP contribution in [0.3, 0.4) is 0 Å². The number of amides is 1. The maximum absolute atomic E-state index is 12.0. The monoisotopic (exact) mass is 284 g/mol. The van der Waals surface area contributed by atoms with E-state index in [-0.39, 0.29) is 11.9 Å². The van der Waals surface area contributed by atoms with Crippen molar-refractivity contribution < 1.29 is 14.7 Å². The van der Waals surface area contributed by atoms with E-state index >= 15 is 0 Å². The molecule has 1 aliphatic rings. The number of likely N-dealkylation sites (tertiary alicyclic amines) is 1. The van der Waals surface area contributed by atoms with Crippen LogP contribution in [0.5, 0.6) is 0 Å². The number of hydrogen-bond acceptors (Lipinski definition) is 3. The highest BCUT2D eigenvalue weighted by atomic mass is 16.4. The van der Waals surface area contributed by atoms with Gasteiger partial charge in [0.15, 0.2) is 0 Å². The van der Waals surface area contributed by atoms with Crippen molar-refractivity contribution in [2.24, 2.45) is 0 Å². The second-order valence-electron chi connectivity index (χ2n) is 6.30. The number of carbonyl (C=O) groups excluding carboxylic acids is 1. The average molecular weight is 284 g/mol. The van der Waals surface area contributed by atoms with Gasteiger partial charge in [-0.1, -0.05) is 0 Å². The van der Waals surface area contributed by atoms with E-state index in [9.17, 15) is 14.7 Å². The molecule has 0 radical (unpaired) electrons. The molecule has 0 saturated carbocycles. The van der Waals surface area contributed by atoms with Gasteiger partial charge in [0.2, 0.25) is 5.91 Å². The van der Waals surface area contributed by atoms with E-state index in [2.05, 4.69) is 18.7 Å². The normalized spacial score (nSPS) is 24.8. The molecular formula is C15H28N2O3. The Labute approximate surface area is 121 Å². The molecule has 20 heavy (non-hydrogen) atoms. The van der Waals surface area contributed by atoms with Gasteiger partial charge in [-0.2, -0.15) is 0 Å². The van der Waals surface area contributed by atoms with Gasteiger partial charge in [0.25, 0.3) is 0 Å². The number of aliphatic carboxylic acids is 1.